The lowest BCUT2D eigenvalue weighted by Gasteiger charge is -2.21. The van der Waals surface area contributed by atoms with Gasteiger partial charge in [0, 0.05) is 31.0 Å². The molecule has 1 aliphatic rings. The van der Waals surface area contributed by atoms with Crippen molar-refractivity contribution < 1.29 is 9.53 Å². The summed E-state index contributed by atoms with van der Waals surface area (Å²) >= 11 is 0. The van der Waals surface area contributed by atoms with Crippen LogP contribution in [0.3, 0.4) is 0 Å². The van der Waals surface area contributed by atoms with Crippen molar-refractivity contribution in [3.63, 3.8) is 0 Å². The number of hydrogen-bond acceptors (Lipinski definition) is 4. The van der Waals surface area contributed by atoms with Gasteiger partial charge in [-0.15, -0.1) is 0 Å². The fraction of sp³-hybridized carbons (Fsp3) is 0.643. The number of ether oxygens (including phenoxy) is 1. The molecule has 2 heterocycles. The molecular weight excluding hydrogens is 242 g/mol. The summed E-state index contributed by atoms with van der Waals surface area (Å²) in [4.78, 5) is 20.7. The summed E-state index contributed by atoms with van der Waals surface area (Å²) in [5.74, 6) is 0.740. The summed E-state index contributed by atoms with van der Waals surface area (Å²) in [5, 5.41) is 2.91. The highest BCUT2D eigenvalue weighted by Gasteiger charge is 2.37. The van der Waals surface area contributed by atoms with Crippen molar-refractivity contribution in [1.29, 1.82) is 0 Å². The van der Waals surface area contributed by atoms with Gasteiger partial charge in [0.2, 0.25) is 0 Å². The van der Waals surface area contributed by atoms with E-state index >= 15 is 0 Å². The molecule has 5 nitrogen and oxygen atoms in total. The minimum Gasteiger partial charge on any atom is -0.365 e. The number of aromatic nitrogens is 2. The van der Waals surface area contributed by atoms with Gasteiger partial charge in [0.15, 0.2) is 0 Å². The summed E-state index contributed by atoms with van der Waals surface area (Å²) in [6.07, 6.45) is 2.38. The SMILES string of the molecule is Cc1cc(C)nc(CCNC(=O)C2(C)CCCO2)n1. The van der Waals surface area contributed by atoms with Crippen molar-refractivity contribution in [2.24, 2.45) is 0 Å². The van der Waals surface area contributed by atoms with Crippen LogP contribution in [-0.4, -0.2) is 34.6 Å². The predicted octanol–water partition coefficient (Wildman–Crippen LogP) is 1.32. The Morgan fingerprint density at radius 1 is 1.42 bits per heavy atom. The van der Waals surface area contributed by atoms with E-state index in [-0.39, 0.29) is 5.91 Å². The van der Waals surface area contributed by atoms with Gasteiger partial charge in [-0.25, -0.2) is 9.97 Å². The molecule has 19 heavy (non-hydrogen) atoms. The van der Waals surface area contributed by atoms with Gasteiger partial charge in [-0.2, -0.15) is 0 Å². The molecule has 104 valence electrons. The van der Waals surface area contributed by atoms with Gasteiger partial charge >= 0.3 is 0 Å². The maximum Gasteiger partial charge on any atom is 0.251 e. The van der Waals surface area contributed by atoms with Gasteiger partial charge in [0.1, 0.15) is 11.4 Å². The van der Waals surface area contributed by atoms with Crippen LogP contribution in [0.2, 0.25) is 0 Å². The summed E-state index contributed by atoms with van der Waals surface area (Å²) in [6, 6.07) is 1.94. The summed E-state index contributed by atoms with van der Waals surface area (Å²) in [6.45, 7) is 6.96. The van der Waals surface area contributed by atoms with Gasteiger partial charge in [0.25, 0.3) is 5.91 Å². The lowest BCUT2D eigenvalue weighted by Crippen LogP contribution is -2.44. The van der Waals surface area contributed by atoms with E-state index in [1.165, 1.54) is 0 Å². The number of aryl methyl sites for hydroxylation is 2. The van der Waals surface area contributed by atoms with Crippen LogP contribution in [0.1, 0.15) is 37.0 Å². The minimum atomic E-state index is -0.649. The van der Waals surface area contributed by atoms with Crippen molar-refractivity contribution in [2.45, 2.75) is 45.6 Å². The van der Waals surface area contributed by atoms with Crippen LogP contribution < -0.4 is 5.32 Å². The van der Waals surface area contributed by atoms with Crippen molar-refractivity contribution in [3.8, 4) is 0 Å². The summed E-state index contributed by atoms with van der Waals surface area (Å²) in [7, 11) is 0. The number of nitrogens with one attached hydrogen (secondary N) is 1. The first-order valence-electron chi connectivity index (χ1n) is 6.73. The largest absolute Gasteiger partial charge is 0.365 e. The van der Waals surface area contributed by atoms with Gasteiger partial charge in [-0.05, 0) is 39.7 Å². The van der Waals surface area contributed by atoms with Crippen molar-refractivity contribution in [1.82, 2.24) is 15.3 Å². The number of rotatable bonds is 4. The molecule has 1 atom stereocenters. The van der Waals surface area contributed by atoms with Gasteiger partial charge in [0.05, 0.1) is 0 Å². The zero-order valence-corrected chi connectivity index (χ0v) is 11.8. The number of amides is 1. The second-order valence-corrected chi connectivity index (χ2v) is 5.26. The maximum atomic E-state index is 12.0. The molecule has 1 N–H and O–H groups in total. The van der Waals surface area contributed by atoms with E-state index in [9.17, 15) is 4.79 Å². The Balaban J connectivity index is 1.84. The zero-order valence-electron chi connectivity index (χ0n) is 11.8. The quantitative estimate of drug-likeness (QED) is 0.890. The first-order valence-corrected chi connectivity index (χ1v) is 6.73. The van der Waals surface area contributed by atoms with Crippen LogP contribution in [0, 0.1) is 13.8 Å². The normalized spacial score (nSPS) is 22.5. The molecule has 1 fully saturated rings. The Morgan fingerprint density at radius 3 is 2.68 bits per heavy atom. The van der Waals surface area contributed by atoms with Crippen LogP contribution in [0.15, 0.2) is 6.07 Å². The van der Waals surface area contributed by atoms with Gasteiger partial charge in [-0.1, -0.05) is 0 Å². The van der Waals surface area contributed by atoms with Crippen molar-refractivity contribution in [2.75, 3.05) is 13.2 Å². The van der Waals surface area contributed by atoms with E-state index in [0.717, 1.165) is 30.1 Å². The molecule has 2 rings (SSSR count). The molecule has 1 aliphatic heterocycles. The van der Waals surface area contributed by atoms with Gasteiger partial charge < -0.3 is 10.1 Å². The fourth-order valence-electron chi connectivity index (χ4n) is 2.34. The summed E-state index contributed by atoms with van der Waals surface area (Å²) < 4.78 is 5.50. The average molecular weight is 263 g/mol. The molecular formula is C14H21N3O2. The van der Waals surface area contributed by atoms with Crippen LogP contribution in [-0.2, 0) is 16.0 Å². The molecule has 0 radical (unpaired) electrons. The molecule has 1 saturated heterocycles. The topological polar surface area (TPSA) is 64.1 Å². The molecule has 1 aromatic rings. The van der Waals surface area contributed by atoms with E-state index in [2.05, 4.69) is 15.3 Å². The molecule has 0 spiro atoms. The molecule has 0 aliphatic carbocycles. The van der Waals surface area contributed by atoms with E-state index in [1.54, 1.807) is 0 Å². The lowest BCUT2D eigenvalue weighted by atomic mass is 10.0. The highest BCUT2D eigenvalue weighted by Crippen LogP contribution is 2.24. The van der Waals surface area contributed by atoms with Crippen LogP contribution in [0.25, 0.3) is 0 Å². The van der Waals surface area contributed by atoms with Crippen LogP contribution >= 0.6 is 0 Å². The Bertz CT molecular complexity index is 448. The molecule has 1 unspecified atom stereocenters. The third-order valence-corrected chi connectivity index (χ3v) is 3.36. The number of carbonyl (C=O) groups excluding carboxylic acids is 1. The molecule has 1 aromatic heterocycles. The standard InChI is InChI=1S/C14H21N3O2/c1-10-9-11(2)17-12(16-10)5-7-15-13(18)14(3)6-4-8-19-14/h9H,4-8H2,1-3H3,(H,15,18). The molecule has 0 aromatic carbocycles. The third kappa shape index (κ3) is 3.50. The Labute approximate surface area is 113 Å². The van der Waals surface area contributed by atoms with E-state index in [4.69, 9.17) is 4.74 Å². The first kappa shape index (κ1) is 13.9. The maximum absolute atomic E-state index is 12.0. The number of hydrogen-bond donors (Lipinski definition) is 1. The minimum absolute atomic E-state index is 0.0330. The Morgan fingerprint density at radius 2 is 2.11 bits per heavy atom. The monoisotopic (exact) mass is 263 g/mol. The second kappa shape index (κ2) is 5.65. The van der Waals surface area contributed by atoms with E-state index in [1.807, 2.05) is 26.8 Å². The van der Waals surface area contributed by atoms with Crippen molar-refractivity contribution >= 4 is 5.91 Å². The van der Waals surface area contributed by atoms with Gasteiger partial charge in [-0.3, -0.25) is 4.79 Å². The fourth-order valence-corrected chi connectivity index (χ4v) is 2.34. The van der Waals surface area contributed by atoms with Crippen molar-refractivity contribution in [3.05, 3.63) is 23.3 Å². The lowest BCUT2D eigenvalue weighted by molar-refractivity contribution is -0.139. The molecule has 0 bridgehead atoms. The Hall–Kier alpha value is -1.49. The Kier molecular flexibility index (Phi) is 4.14. The third-order valence-electron chi connectivity index (χ3n) is 3.36. The first-order chi connectivity index (χ1) is 8.99. The predicted molar refractivity (Wildman–Crippen MR) is 71.8 cm³/mol. The number of nitrogens with zero attached hydrogens (tertiary/aromatic N) is 2. The van der Waals surface area contributed by atoms with E-state index in [0.29, 0.717) is 19.6 Å². The molecule has 1 amide bonds. The average Bonchev–Trinajstić information content (AvgIpc) is 2.76. The molecule has 0 saturated carbocycles. The van der Waals surface area contributed by atoms with Crippen LogP contribution in [0.4, 0.5) is 0 Å². The summed E-state index contributed by atoms with van der Waals surface area (Å²) in [5.41, 5.74) is 1.27. The molecule has 5 heteroatoms. The van der Waals surface area contributed by atoms with Crippen LogP contribution in [0.5, 0.6) is 0 Å². The second-order valence-electron chi connectivity index (χ2n) is 5.26. The number of carbonyl (C=O) groups is 1. The smallest absolute Gasteiger partial charge is 0.251 e. The highest BCUT2D eigenvalue weighted by molar-refractivity contribution is 5.84. The van der Waals surface area contributed by atoms with E-state index < -0.39 is 5.60 Å². The highest BCUT2D eigenvalue weighted by atomic mass is 16.5. The zero-order chi connectivity index (χ0) is 13.9.